The smallest absolute Gasteiger partial charge is 0.254 e. The summed E-state index contributed by atoms with van der Waals surface area (Å²) in [6.45, 7) is 1.90. The van der Waals surface area contributed by atoms with Gasteiger partial charge in [0.15, 0.2) is 0 Å². The standard InChI is InChI=1S/C13H14N2O/c1-9-8-11(13(16)15(2)3)10-6-4-5-7-12(10)14-9/h4-8H,1-3H3. The molecule has 1 amide bonds. The van der Waals surface area contributed by atoms with E-state index in [1.807, 2.05) is 37.3 Å². The molecule has 16 heavy (non-hydrogen) atoms. The normalized spacial score (nSPS) is 10.4. The summed E-state index contributed by atoms with van der Waals surface area (Å²) < 4.78 is 0. The zero-order chi connectivity index (χ0) is 11.7. The predicted molar refractivity (Wildman–Crippen MR) is 64.5 cm³/mol. The van der Waals surface area contributed by atoms with Crippen LogP contribution in [-0.2, 0) is 0 Å². The first-order chi connectivity index (χ1) is 7.59. The van der Waals surface area contributed by atoms with E-state index >= 15 is 0 Å². The number of aryl methyl sites for hydroxylation is 1. The van der Waals surface area contributed by atoms with Crippen molar-refractivity contribution in [2.24, 2.45) is 0 Å². The van der Waals surface area contributed by atoms with Crippen molar-refractivity contribution in [3.8, 4) is 0 Å². The lowest BCUT2D eigenvalue weighted by Gasteiger charge is -2.12. The first kappa shape index (κ1) is 10.6. The van der Waals surface area contributed by atoms with Gasteiger partial charge in [-0.25, -0.2) is 0 Å². The van der Waals surface area contributed by atoms with Crippen LogP contribution in [0.3, 0.4) is 0 Å². The van der Waals surface area contributed by atoms with Gasteiger partial charge in [0.25, 0.3) is 5.91 Å². The molecular weight excluding hydrogens is 200 g/mol. The Kier molecular flexibility index (Phi) is 2.60. The maximum absolute atomic E-state index is 12.0. The third kappa shape index (κ3) is 1.76. The number of amides is 1. The highest BCUT2D eigenvalue weighted by atomic mass is 16.2. The van der Waals surface area contributed by atoms with Gasteiger partial charge in [-0.3, -0.25) is 9.78 Å². The van der Waals surface area contributed by atoms with Crippen LogP contribution in [0.4, 0.5) is 0 Å². The maximum atomic E-state index is 12.0. The Morgan fingerprint density at radius 3 is 2.62 bits per heavy atom. The monoisotopic (exact) mass is 214 g/mol. The lowest BCUT2D eigenvalue weighted by atomic mass is 10.1. The highest BCUT2D eigenvalue weighted by Crippen LogP contribution is 2.19. The van der Waals surface area contributed by atoms with Crippen LogP contribution in [0.2, 0.25) is 0 Å². The fourth-order valence-corrected chi connectivity index (χ4v) is 1.73. The van der Waals surface area contributed by atoms with Crippen molar-refractivity contribution in [1.29, 1.82) is 0 Å². The molecule has 1 aromatic carbocycles. The Balaban J connectivity index is 2.72. The lowest BCUT2D eigenvalue weighted by Crippen LogP contribution is -2.22. The van der Waals surface area contributed by atoms with E-state index in [4.69, 9.17) is 0 Å². The van der Waals surface area contributed by atoms with Crippen molar-refractivity contribution >= 4 is 16.8 Å². The minimum atomic E-state index is 0.0155. The molecule has 0 radical (unpaired) electrons. The van der Waals surface area contributed by atoms with Crippen LogP contribution >= 0.6 is 0 Å². The van der Waals surface area contributed by atoms with Crippen molar-refractivity contribution in [2.75, 3.05) is 14.1 Å². The molecule has 2 aromatic rings. The highest BCUT2D eigenvalue weighted by molar-refractivity contribution is 6.05. The van der Waals surface area contributed by atoms with Crippen molar-refractivity contribution < 1.29 is 4.79 Å². The largest absolute Gasteiger partial charge is 0.345 e. The van der Waals surface area contributed by atoms with Crippen LogP contribution in [0.5, 0.6) is 0 Å². The topological polar surface area (TPSA) is 33.2 Å². The molecule has 0 aliphatic rings. The van der Waals surface area contributed by atoms with E-state index in [1.54, 1.807) is 19.0 Å². The lowest BCUT2D eigenvalue weighted by molar-refractivity contribution is 0.0829. The van der Waals surface area contributed by atoms with Crippen LogP contribution < -0.4 is 0 Å². The minimum absolute atomic E-state index is 0.0155. The van der Waals surface area contributed by atoms with E-state index in [-0.39, 0.29) is 5.91 Å². The summed E-state index contributed by atoms with van der Waals surface area (Å²) in [4.78, 5) is 18.0. The molecule has 0 spiro atoms. The summed E-state index contributed by atoms with van der Waals surface area (Å²) in [5, 5.41) is 0.909. The summed E-state index contributed by atoms with van der Waals surface area (Å²) in [6.07, 6.45) is 0. The fraction of sp³-hybridized carbons (Fsp3) is 0.231. The van der Waals surface area contributed by atoms with Gasteiger partial charge in [0.2, 0.25) is 0 Å². The van der Waals surface area contributed by atoms with Crippen molar-refractivity contribution in [3.05, 3.63) is 41.6 Å². The summed E-state index contributed by atoms with van der Waals surface area (Å²) in [6, 6.07) is 9.54. The number of rotatable bonds is 1. The Bertz CT molecular complexity index is 547. The molecule has 0 saturated carbocycles. The second-order valence-corrected chi connectivity index (χ2v) is 4.03. The number of hydrogen-bond acceptors (Lipinski definition) is 2. The number of carbonyl (C=O) groups is 1. The molecule has 82 valence electrons. The molecule has 2 rings (SSSR count). The average Bonchev–Trinajstić information content (AvgIpc) is 2.26. The SMILES string of the molecule is Cc1cc(C(=O)N(C)C)c2ccccc2n1. The molecule has 3 nitrogen and oxygen atoms in total. The Morgan fingerprint density at radius 1 is 1.25 bits per heavy atom. The van der Waals surface area contributed by atoms with Crippen LogP contribution in [0.25, 0.3) is 10.9 Å². The zero-order valence-electron chi connectivity index (χ0n) is 9.69. The number of benzene rings is 1. The van der Waals surface area contributed by atoms with Crippen LogP contribution in [-0.4, -0.2) is 29.9 Å². The van der Waals surface area contributed by atoms with Gasteiger partial charge >= 0.3 is 0 Å². The molecule has 0 aliphatic carbocycles. The number of hydrogen-bond donors (Lipinski definition) is 0. The summed E-state index contributed by atoms with van der Waals surface area (Å²) in [7, 11) is 3.51. The van der Waals surface area contributed by atoms with Gasteiger partial charge in [-0.05, 0) is 19.1 Å². The zero-order valence-corrected chi connectivity index (χ0v) is 9.69. The first-order valence-electron chi connectivity index (χ1n) is 5.17. The number of nitrogens with zero attached hydrogens (tertiary/aromatic N) is 2. The van der Waals surface area contributed by atoms with Crippen LogP contribution in [0.1, 0.15) is 16.1 Å². The van der Waals surface area contributed by atoms with E-state index in [0.717, 1.165) is 16.6 Å². The quantitative estimate of drug-likeness (QED) is 0.729. The van der Waals surface area contributed by atoms with E-state index < -0.39 is 0 Å². The Labute approximate surface area is 94.7 Å². The number of carbonyl (C=O) groups excluding carboxylic acids is 1. The van der Waals surface area contributed by atoms with Gasteiger partial charge in [0.1, 0.15) is 0 Å². The molecule has 0 atom stereocenters. The fourth-order valence-electron chi connectivity index (χ4n) is 1.73. The summed E-state index contributed by atoms with van der Waals surface area (Å²) in [5.41, 5.74) is 2.45. The van der Waals surface area contributed by atoms with Gasteiger partial charge in [0, 0.05) is 25.2 Å². The van der Waals surface area contributed by atoms with Gasteiger partial charge in [-0.2, -0.15) is 0 Å². The van der Waals surface area contributed by atoms with Crippen molar-refractivity contribution in [3.63, 3.8) is 0 Å². The molecule has 0 bridgehead atoms. The first-order valence-corrected chi connectivity index (χ1v) is 5.17. The predicted octanol–water partition coefficient (Wildman–Crippen LogP) is 2.25. The van der Waals surface area contributed by atoms with E-state index in [1.165, 1.54) is 0 Å². The maximum Gasteiger partial charge on any atom is 0.254 e. The summed E-state index contributed by atoms with van der Waals surface area (Å²) in [5.74, 6) is 0.0155. The second kappa shape index (κ2) is 3.93. The number of fused-ring (bicyclic) bond motifs is 1. The third-order valence-corrected chi connectivity index (χ3v) is 2.48. The molecule has 1 heterocycles. The molecule has 0 aliphatic heterocycles. The van der Waals surface area contributed by atoms with Gasteiger partial charge in [-0.1, -0.05) is 18.2 Å². The van der Waals surface area contributed by atoms with Crippen LogP contribution in [0, 0.1) is 6.92 Å². The van der Waals surface area contributed by atoms with E-state index in [9.17, 15) is 4.79 Å². The molecule has 1 aromatic heterocycles. The second-order valence-electron chi connectivity index (χ2n) is 4.03. The average molecular weight is 214 g/mol. The number of pyridine rings is 1. The minimum Gasteiger partial charge on any atom is -0.345 e. The Morgan fingerprint density at radius 2 is 1.94 bits per heavy atom. The molecule has 0 N–H and O–H groups in total. The highest BCUT2D eigenvalue weighted by Gasteiger charge is 2.12. The molecule has 0 saturated heterocycles. The van der Waals surface area contributed by atoms with E-state index in [2.05, 4.69) is 4.98 Å². The molecule has 3 heteroatoms. The van der Waals surface area contributed by atoms with Gasteiger partial charge < -0.3 is 4.90 Å². The number of para-hydroxylation sites is 1. The molecular formula is C13H14N2O. The van der Waals surface area contributed by atoms with Crippen molar-refractivity contribution in [2.45, 2.75) is 6.92 Å². The Hall–Kier alpha value is -1.90. The van der Waals surface area contributed by atoms with E-state index in [0.29, 0.717) is 5.56 Å². The van der Waals surface area contributed by atoms with Crippen molar-refractivity contribution in [1.82, 2.24) is 9.88 Å². The molecule has 0 fully saturated rings. The number of aromatic nitrogens is 1. The third-order valence-electron chi connectivity index (χ3n) is 2.48. The molecule has 0 unspecified atom stereocenters. The van der Waals surface area contributed by atoms with Gasteiger partial charge in [-0.15, -0.1) is 0 Å². The van der Waals surface area contributed by atoms with Crippen LogP contribution in [0.15, 0.2) is 30.3 Å². The summed E-state index contributed by atoms with van der Waals surface area (Å²) >= 11 is 0. The van der Waals surface area contributed by atoms with Gasteiger partial charge in [0.05, 0.1) is 11.1 Å².